The second-order valence-electron chi connectivity index (χ2n) is 4.25. The van der Waals surface area contributed by atoms with Crippen LogP contribution in [0.4, 0.5) is 0 Å². The van der Waals surface area contributed by atoms with Crippen LogP contribution in [0.2, 0.25) is 0 Å². The Labute approximate surface area is 95.2 Å². The molecule has 0 amide bonds. The van der Waals surface area contributed by atoms with Crippen molar-refractivity contribution in [2.24, 2.45) is 0 Å². The van der Waals surface area contributed by atoms with Gasteiger partial charge >= 0.3 is 0 Å². The summed E-state index contributed by atoms with van der Waals surface area (Å²) in [6, 6.07) is 8.92. The normalized spacial score (nSPS) is 12.9. The number of phenols is 2. The summed E-state index contributed by atoms with van der Waals surface area (Å²) in [7, 11) is 0. The molecule has 2 rings (SSSR count). The SMILES string of the molecule is CCC(C)c1cc2ccc(O)cc2cc1O. The molecule has 2 aromatic rings. The molecule has 84 valence electrons. The first-order valence-corrected chi connectivity index (χ1v) is 5.57. The molecule has 0 aliphatic heterocycles. The minimum absolute atomic E-state index is 0.225. The van der Waals surface area contributed by atoms with Crippen LogP contribution in [0, 0.1) is 0 Å². The van der Waals surface area contributed by atoms with Gasteiger partial charge in [0.1, 0.15) is 11.5 Å². The van der Waals surface area contributed by atoms with Gasteiger partial charge in [-0.05, 0) is 52.9 Å². The van der Waals surface area contributed by atoms with Crippen molar-refractivity contribution in [3.05, 3.63) is 35.9 Å². The Balaban J connectivity index is 2.62. The Morgan fingerprint density at radius 2 is 1.81 bits per heavy atom. The molecule has 0 radical (unpaired) electrons. The highest BCUT2D eigenvalue weighted by molar-refractivity contribution is 5.86. The van der Waals surface area contributed by atoms with E-state index in [1.165, 1.54) is 0 Å². The van der Waals surface area contributed by atoms with Crippen molar-refractivity contribution in [1.29, 1.82) is 0 Å². The molecule has 16 heavy (non-hydrogen) atoms. The topological polar surface area (TPSA) is 40.5 Å². The van der Waals surface area contributed by atoms with Gasteiger partial charge in [0, 0.05) is 0 Å². The van der Waals surface area contributed by atoms with E-state index in [2.05, 4.69) is 13.8 Å². The van der Waals surface area contributed by atoms with Gasteiger partial charge in [-0.15, -0.1) is 0 Å². The molecule has 0 bridgehead atoms. The molecule has 0 spiro atoms. The predicted octanol–water partition coefficient (Wildman–Crippen LogP) is 3.76. The van der Waals surface area contributed by atoms with Gasteiger partial charge in [-0.1, -0.05) is 19.9 Å². The van der Waals surface area contributed by atoms with Gasteiger partial charge in [0.2, 0.25) is 0 Å². The van der Waals surface area contributed by atoms with E-state index in [-0.39, 0.29) is 5.75 Å². The second-order valence-corrected chi connectivity index (χ2v) is 4.25. The fourth-order valence-corrected chi connectivity index (χ4v) is 1.91. The number of benzene rings is 2. The number of phenolic OH excluding ortho intramolecular Hbond substituents is 2. The molecule has 0 aliphatic carbocycles. The first kappa shape index (κ1) is 10.8. The van der Waals surface area contributed by atoms with Crippen molar-refractivity contribution < 1.29 is 10.2 Å². The van der Waals surface area contributed by atoms with Crippen LogP contribution < -0.4 is 0 Å². The van der Waals surface area contributed by atoms with Crippen molar-refractivity contribution in [1.82, 2.24) is 0 Å². The van der Waals surface area contributed by atoms with Crippen molar-refractivity contribution in [2.45, 2.75) is 26.2 Å². The van der Waals surface area contributed by atoms with E-state index in [9.17, 15) is 10.2 Å². The van der Waals surface area contributed by atoms with Gasteiger partial charge in [0.05, 0.1) is 0 Å². The maximum absolute atomic E-state index is 9.92. The van der Waals surface area contributed by atoms with Crippen molar-refractivity contribution in [3.63, 3.8) is 0 Å². The molecule has 0 heterocycles. The minimum atomic E-state index is 0.225. The molecule has 0 saturated carbocycles. The van der Waals surface area contributed by atoms with E-state index < -0.39 is 0 Å². The average molecular weight is 216 g/mol. The highest BCUT2D eigenvalue weighted by Crippen LogP contribution is 2.33. The summed E-state index contributed by atoms with van der Waals surface area (Å²) in [5.41, 5.74) is 0.973. The zero-order valence-electron chi connectivity index (χ0n) is 9.57. The Kier molecular flexibility index (Phi) is 2.73. The number of fused-ring (bicyclic) bond motifs is 1. The quantitative estimate of drug-likeness (QED) is 0.802. The Bertz CT molecular complexity index is 517. The molecule has 2 nitrogen and oxygen atoms in total. The summed E-state index contributed by atoms with van der Waals surface area (Å²) in [5, 5.41) is 21.2. The molecular formula is C14H16O2. The molecule has 2 N–H and O–H groups in total. The average Bonchev–Trinajstić information content (AvgIpc) is 2.27. The maximum Gasteiger partial charge on any atom is 0.119 e. The summed E-state index contributed by atoms with van der Waals surface area (Å²) in [6.45, 7) is 4.20. The van der Waals surface area contributed by atoms with Crippen LogP contribution in [0.25, 0.3) is 10.8 Å². The van der Waals surface area contributed by atoms with Gasteiger partial charge in [0.25, 0.3) is 0 Å². The highest BCUT2D eigenvalue weighted by Gasteiger charge is 2.10. The van der Waals surface area contributed by atoms with Crippen LogP contribution in [-0.2, 0) is 0 Å². The molecule has 2 heteroatoms. The van der Waals surface area contributed by atoms with Gasteiger partial charge in [-0.25, -0.2) is 0 Å². The first-order valence-electron chi connectivity index (χ1n) is 5.57. The fraction of sp³-hybridized carbons (Fsp3) is 0.286. The van der Waals surface area contributed by atoms with Gasteiger partial charge in [0.15, 0.2) is 0 Å². The van der Waals surface area contributed by atoms with Crippen molar-refractivity contribution in [2.75, 3.05) is 0 Å². The third-order valence-corrected chi connectivity index (χ3v) is 3.11. The third-order valence-electron chi connectivity index (χ3n) is 3.11. The number of rotatable bonds is 2. The van der Waals surface area contributed by atoms with Gasteiger partial charge in [-0.2, -0.15) is 0 Å². The first-order chi connectivity index (χ1) is 7.61. The molecule has 2 aromatic carbocycles. The predicted molar refractivity (Wildman–Crippen MR) is 66.0 cm³/mol. The van der Waals surface area contributed by atoms with Crippen molar-refractivity contribution >= 4 is 10.8 Å². The van der Waals surface area contributed by atoms with E-state index >= 15 is 0 Å². The largest absolute Gasteiger partial charge is 0.508 e. The summed E-state index contributed by atoms with van der Waals surface area (Å²) in [5.74, 6) is 0.883. The van der Waals surface area contributed by atoms with Crippen LogP contribution in [0.1, 0.15) is 31.7 Å². The zero-order valence-corrected chi connectivity index (χ0v) is 9.57. The summed E-state index contributed by atoms with van der Waals surface area (Å²) in [4.78, 5) is 0. The summed E-state index contributed by atoms with van der Waals surface area (Å²) < 4.78 is 0. The number of aromatic hydroxyl groups is 2. The Morgan fingerprint density at radius 3 is 2.50 bits per heavy atom. The minimum Gasteiger partial charge on any atom is -0.508 e. The van der Waals surface area contributed by atoms with E-state index in [4.69, 9.17) is 0 Å². The van der Waals surface area contributed by atoms with E-state index in [1.54, 1.807) is 18.2 Å². The molecule has 0 aliphatic rings. The molecule has 1 unspecified atom stereocenters. The monoisotopic (exact) mass is 216 g/mol. The third kappa shape index (κ3) is 1.83. The van der Waals surface area contributed by atoms with Crippen LogP contribution in [0.3, 0.4) is 0 Å². The lowest BCUT2D eigenvalue weighted by Gasteiger charge is -2.12. The zero-order chi connectivity index (χ0) is 11.7. The molecule has 0 aromatic heterocycles. The molecular weight excluding hydrogens is 200 g/mol. The standard InChI is InChI=1S/C14H16O2/c1-3-9(2)13-7-10-4-5-12(15)6-11(10)8-14(13)16/h4-9,15-16H,3H2,1-2H3. The number of hydrogen-bond donors (Lipinski definition) is 2. The van der Waals surface area contributed by atoms with Crippen LogP contribution >= 0.6 is 0 Å². The number of hydrogen-bond acceptors (Lipinski definition) is 2. The lowest BCUT2D eigenvalue weighted by Crippen LogP contribution is -1.92. The van der Waals surface area contributed by atoms with Gasteiger partial charge in [-0.3, -0.25) is 0 Å². The maximum atomic E-state index is 9.92. The smallest absolute Gasteiger partial charge is 0.119 e. The molecule has 1 atom stereocenters. The van der Waals surface area contributed by atoms with E-state index in [0.29, 0.717) is 11.7 Å². The lowest BCUT2D eigenvalue weighted by atomic mass is 9.95. The second kappa shape index (κ2) is 4.05. The van der Waals surface area contributed by atoms with E-state index in [0.717, 1.165) is 22.8 Å². The lowest BCUT2D eigenvalue weighted by molar-refractivity contribution is 0.462. The van der Waals surface area contributed by atoms with E-state index in [1.807, 2.05) is 12.1 Å². The molecule has 0 fully saturated rings. The van der Waals surface area contributed by atoms with Crippen molar-refractivity contribution in [3.8, 4) is 11.5 Å². The highest BCUT2D eigenvalue weighted by atomic mass is 16.3. The Morgan fingerprint density at radius 1 is 1.06 bits per heavy atom. The Hall–Kier alpha value is -1.70. The van der Waals surface area contributed by atoms with Gasteiger partial charge < -0.3 is 10.2 Å². The summed E-state index contributed by atoms with van der Waals surface area (Å²) in [6.07, 6.45) is 0.997. The van der Waals surface area contributed by atoms with Crippen LogP contribution in [-0.4, -0.2) is 10.2 Å². The molecule has 0 saturated heterocycles. The van der Waals surface area contributed by atoms with Crippen LogP contribution in [0.15, 0.2) is 30.3 Å². The fourth-order valence-electron chi connectivity index (χ4n) is 1.91. The van der Waals surface area contributed by atoms with Crippen LogP contribution in [0.5, 0.6) is 11.5 Å². The summed E-state index contributed by atoms with van der Waals surface area (Å²) >= 11 is 0.